The van der Waals surface area contributed by atoms with Crippen LogP contribution >= 0.6 is 0 Å². The maximum atomic E-state index is 13.7. The molecule has 1 heterocycles. The minimum atomic E-state index is -4.56. The van der Waals surface area contributed by atoms with Gasteiger partial charge in [-0.25, -0.2) is 4.39 Å². The Hall–Kier alpha value is -2.77. The third-order valence-corrected chi connectivity index (χ3v) is 4.61. The number of ether oxygens (including phenoxy) is 2. The van der Waals surface area contributed by atoms with Gasteiger partial charge in [-0.05, 0) is 24.3 Å². The van der Waals surface area contributed by atoms with Gasteiger partial charge in [0, 0.05) is 23.1 Å². The number of hydrogen-bond acceptors (Lipinski definition) is 3. The fourth-order valence-electron chi connectivity index (χ4n) is 3.25. The third kappa shape index (κ3) is 2.75. The molecule has 4 rings (SSSR count). The summed E-state index contributed by atoms with van der Waals surface area (Å²) >= 11 is 0. The van der Waals surface area contributed by atoms with Crippen molar-refractivity contribution in [1.82, 2.24) is 0 Å². The van der Waals surface area contributed by atoms with E-state index in [1.54, 1.807) is 12.1 Å². The van der Waals surface area contributed by atoms with Crippen molar-refractivity contribution in [3.05, 3.63) is 58.9 Å². The smallest absolute Gasteiger partial charge is 0.416 e. The highest BCUT2D eigenvalue weighted by Gasteiger charge is 2.63. The summed E-state index contributed by atoms with van der Waals surface area (Å²) in [6.45, 7) is -0.376. The number of alkyl halides is 3. The summed E-state index contributed by atoms with van der Waals surface area (Å²) in [7, 11) is 0. The molecular weight excluding hydrogens is 356 g/mol. The minimum absolute atomic E-state index is 0.183. The maximum Gasteiger partial charge on any atom is 0.416 e. The zero-order valence-electron chi connectivity index (χ0n) is 13.1. The number of carbonyl (C=O) groups is 1. The van der Waals surface area contributed by atoms with Crippen LogP contribution in [0.1, 0.15) is 22.6 Å². The number of fused-ring (bicyclic) bond motifs is 3. The quantitative estimate of drug-likeness (QED) is 0.830. The maximum absolute atomic E-state index is 13.7. The second kappa shape index (κ2) is 5.62. The van der Waals surface area contributed by atoms with Gasteiger partial charge in [0.1, 0.15) is 35.9 Å². The molecule has 0 spiro atoms. The van der Waals surface area contributed by atoms with Crippen LogP contribution in [0.3, 0.4) is 0 Å². The molecule has 0 unspecified atom stereocenters. The molecule has 1 aliphatic carbocycles. The van der Waals surface area contributed by atoms with Crippen LogP contribution in [-0.4, -0.2) is 17.2 Å². The Morgan fingerprint density at radius 1 is 1.19 bits per heavy atom. The number of benzene rings is 2. The molecule has 26 heavy (non-hydrogen) atoms. The largest absolute Gasteiger partial charge is 0.489 e. The van der Waals surface area contributed by atoms with E-state index in [0.29, 0.717) is 23.6 Å². The van der Waals surface area contributed by atoms with E-state index in [-0.39, 0.29) is 18.1 Å². The first-order valence-electron chi connectivity index (χ1n) is 7.77. The molecule has 1 saturated carbocycles. The summed E-state index contributed by atoms with van der Waals surface area (Å²) in [5, 5.41) is 9.03. The van der Waals surface area contributed by atoms with E-state index in [9.17, 15) is 22.4 Å². The number of hydrogen-bond donors (Lipinski definition) is 1. The van der Waals surface area contributed by atoms with Crippen LogP contribution in [0.2, 0.25) is 0 Å². The third-order valence-electron chi connectivity index (χ3n) is 4.61. The second-order valence-electron chi connectivity index (χ2n) is 6.26. The van der Waals surface area contributed by atoms with Crippen molar-refractivity contribution in [2.45, 2.75) is 24.8 Å². The molecule has 0 saturated heterocycles. The van der Waals surface area contributed by atoms with Gasteiger partial charge < -0.3 is 14.6 Å². The van der Waals surface area contributed by atoms with Gasteiger partial charge in [0.25, 0.3) is 0 Å². The number of carboxylic acids is 1. The van der Waals surface area contributed by atoms with Crippen molar-refractivity contribution in [1.29, 1.82) is 0 Å². The summed E-state index contributed by atoms with van der Waals surface area (Å²) in [5.41, 5.74) is -0.399. The first kappa shape index (κ1) is 16.7. The average Bonchev–Trinajstić information content (AvgIpc) is 3.16. The van der Waals surface area contributed by atoms with Gasteiger partial charge >= 0.3 is 12.1 Å². The van der Waals surface area contributed by atoms with Gasteiger partial charge in [-0.1, -0.05) is 6.07 Å². The Bertz CT molecular complexity index is 893. The van der Waals surface area contributed by atoms with Crippen LogP contribution < -0.4 is 9.47 Å². The molecule has 0 amide bonds. The van der Waals surface area contributed by atoms with Crippen LogP contribution in [0.5, 0.6) is 11.5 Å². The Morgan fingerprint density at radius 2 is 1.96 bits per heavy atom. The summed E-state index contributed by atoms with van der Waals surface area (Å²) < 4.78 is 62.8. The molecule has 0 aromatic heterocycles. The molecule has 3 atom stereocenters. The van der Waals surface area contributed by atoms with Crippen LogP contribution in [-0.2, 0) is 17.6 Å². The standard InChI is InChI=1S/C18H12F4O4/c19-12-4-1-9(18(20,21)22)5-8(12)7-25-10-2-3-11-13(6-10)26-16-14(11)15(16)17(23)24/h1-6,14-16H,7H2,(H,23,24)/t14-,15-,16-/m1/s1. The van der Waals surface area contributed by atoms with Crippen molar-refractivity contribution >= 4 is 5.97 Å². The Morgan fingerprint density at radius 3 is 2.65 bits per heavy atom. The average molecular weight is 368 g/mol. The summed E-state index contributed by atoms with van der Waals surface area (Å²) in [5.74, 6) is -1.65. The molecule has 1 aliphatic heterocycles. The monoisotopic (exact) mass is 368 g/mol. The van der Waals surface area contributed by atoms with Crippen LogP contribution in [0.4, 0.5) is 17.6 Å². The summed E-state index contributed by atoms with van der Waals surface area (Å²) in [4.78, 5) is 11.0. The van der Waals surface area contributed by atoms with E-state index < -0.39 is 35.5 Å². The van der Waals surface area contributed by atoms with E-state index in [1.165, 1.54) is 6.07 Å². The zero-order chi connectivity index (χ0) is 18.6. The normalized spacial score (nSPS) is 23.0. The van der Waals surface area contributed by atoms with Gasteiger partial charge in [0.2, 0.25) is 0 Å². The Labute approximate surface area is 145 Å². The minimum Gasteiger partial charge on any atom is -0.489 e. The Balaban J connectivity index is 1.48. The van der Waals surface area contributed by atoms with E-state index in [4.69, 9.17) is 14.6 Å². The lowest BCUT2D eigenvalue weighted by Crippen LogP contribution is -2.09. The molecule has 0 radical (unpaired) electrons. The molecular formula is C18H12F4O4. The highest BCUT2D eigenvalue weighted by molar-refractivity contribution is 5.79. The number of carboxylic acid groups (broad SMARTS) is 1. The fraction of sp³-hybridized carbons (Fsp3) is 0.278. The van der Waals surface area contributed by atoms with E-state index in [2.05, 4.69) is 0 Å². The van der Waals surface area contributed by atoms with Crippen molar-refractivity contribution in [3.63, 3.8) is 0 Å². The van der Waals surface area contributed by atoms with Gasteiger partial charge in [0.05, 0.1) is 5.56 Å². The van der Waals surface area contributed by atoms with Crippen molar-refractivity contribution in [3.8, 4) is 11.5 Å². The van der Waals surface area contributed by atoms with Crippen LogP contribution in [0.25, 0.3) is 0 Å². The molecule has 8 heteroatoms. The lowest BCUT2D eigenvalue weighted by Gasteiger charge is -2.12. The first-order valence-corrected chi connectivity index (χ1v) is 7.77. The number of rotatable bonds is 4. The Kier molecular flexibility index (Phi) is 3.61. The molecule has 1 N–H and O–H groups in total. The first-order chi connectivity index (χ1) is 12.3. The predicted octanol–water partition coefficient (Wildman–Crippen LogP) is 3.98. The fourth-order valence-corrected chi connectivity index (χ4v) is 3.25. The summed E-state index contributed by atoms with van der Waals surface area (Å²) in [6.07, 6.45) is -4.95. The molecule has 2 aliphatic rings. The molecule has 2 aromatic rings. The van der Waals surface area contributed by atoms with E-state index >= 15 is 0 Å². The topological polar surface area (TPSA) is 55.8 Å². The van der Waals surface area contributed by atoms with Crippen molar-refractivity contribution in [2.24, 2.45) is 5.92 Å². The van der Waals surface area contributed by atoms with Crippen molar-refractivity contribution < 1.29 is 36.9 Å². The highest BCUT2D eigenvalue weighted by Crippen LogP contribution is 2.58. The van der Waals surface area contributed by atoms with Crippen LogP contribution in [0.15, 0.2) is 36.4 Å². The van der Waals surface area contributed by atoms with Gasteiger partial charge in [-0.3, -0.25) is 4.79 Å². The molecule has 136 valence electrons. The number of halogens is 4. The lowest BCUT2D eigenvalue weighted by atomic mass is 10.1. The molecule has 2 aromatic carbocycles. The van der Waals surface area contributed by atoms with E-state index in [1.807, 2.05) is 0 Å². The predicted molar refractivity (Wildman–Crippen MR) is 80.5 cm³/mol. The van der Waals surface area contributed by atoms with E-state index in [0.717, 1.165) is 11.6 Å². The molecule has 0 bridgehead atoms. The van der Waals surface area contributed by atoms with Gasteiger partial charge in [0.15, 0.2) is 0 Å². The van der Waals surface area contributed by atoms with Crippen LogP contribution in [0, 0.1) is 11.7 Å². The van der Waals surface area contributed by atoms with Gasteiger partial charge in [-0.15, -0.1) is 0 Å². The summed E-state index contributed by atoms with van der Waals surface area (Å²) in [6, 6.07) is 6.91. The molecule has 4 nitrogen and oxygen atoms in total. The van der Waals surface area contributed by atoms with Gasteiger partial charge in [-0.2, -0.15) is 13.2 Å². The molecule has 1 fully saturated rings. The zero-order valence-corrected chi connectivity index (χ0v) is 13.1. The highest BCUT2D eigenvalue weighted by atomic mass is 19.4. The second-order valence-corrected chi connectivity index (χ2v) is 6.26. The lowest BCUT2D eigenvalue weighted by molar-refractivity contribution is -0.139. The number of aliphatic carboxylic acids is 1. The van der Waals surface area contributed by atoms with Crippen molar-refractivity contribution in [2.75, 3.05) is 0 Å². The SMILES string of the molecule is O=C(O)[C@H]1[C@@H]2Oc3cc(OCc4cc(C(F)(F)F)ccc4F)ccc3[C@@H]21.